The number of amides is 7. The zero-order chi connectivity index (χ0) is 54.6. The molecule has 22 nitrogen and oxygen atoms in total. The van der Waals surface area contributed by atoms with Crippen LogP contribution in [0.2, 0.25) is 0 Å². The molecule has 0 aliphatic carbocycles. The molecule has 1 aliphatic rings. The fraction of sp³-hybridized carbons (Fsp3) is 0.431. The highest BCUT2D eigenvalue weighted by Gasteiger charge is 2.36. The second-order valence-electron chi connectivity index (χ2n) is 18.4. The van der Waals surface area contributed by atoms with Crippen molar-refractivity contribution >= 4 is 85.8 Å². The van der Waals surface area contributed by atoms with E-state index in [1.54, 1.807) is 56.4 Å². The first-order valence-electron chi connectivity index (χ1n) is 24.5. The third-order valence-electron chi connectivity index (χ3n) is 12.3. The van der Waals surface area contributed by atoms with Crippen LogP contribution in [0.5, 0.6) is 5.75 Å². The van der Waals surface area contributed by atoms with E-state index in [4.69, 9.17) is 11.5 Å². The topological polar surface area (TPSA) is 366 Å². The van der Waals surface area contributed by atoms with Gasteiger partial charge in [0.05, 0.1) is 12.5 Å². The lowest BCUT2D eigenvalue weighted by Crippen LogP contribution is -2.61. The number of para-hydroxylation sites is 1. The summed E-state index contributed by atoms with van der Waals surface area (Å²) in [4.78, 5) is 127. The zero-order valence-corrected chi connectivity index (χ0v) is 43.2. The summed E-state index contributed by atoms with van der Waals surface area (Å²) >= 11 is 0. The number of H-pyrrole nitrogens is 1. The van der Waals surface area contributed by atoms with E-state index >= 15 is 0 Å². The second-order valence-corrected chi connectivity index (χ2v) is 21.1. The molecule has 2 heterocycles. The Kier molecular flexibility index (Phi) is 22.8. The molecule has 8 atom stereocenters. The molecule has 0 spiro atoms. The molecule has 1 fully saturated rings. The van der Waals surface area contributed by atoms with E-state index in [1.165, 1.54) is 24.3 Å². The minimum absolute atomic E-state index is 0.0255. The van der Waals surface area contributed by atoms with Gasteiger partial charge in [0.15, 0.2) is 0 Å². The Morgan fingerprint density at radius 3 is 1.91 bits per heavy atom. The first kappa shape index (κ1) is 58.7. The summed E-state index contributed by atoms with van der Waals surface area (Å²) < 4.78 is 0. The summed E-state index contributed by atoms with van der Waals surface area (Å²) in [6.07, 6.45) is 1.22. The van der Waals surface area contributed by atoms with Gasteiger partial charge in [-0.05, 0) is 73.0 Å². The van der Waals surface area contributed by atoms with Crippen molar-refractivity contribution in [1.82, 2.24) is 42.2 Å². The number of rotatable bonds is 18. The predicted octanol–water partition coefficient (Wildman–Crippen LogP) is 0.752. The van der Waals surface area contributed by atoms with E-state index in [2.05, 4.69) is 42.2 Å². The first-order valence-corrected chi connectivity index (χ1v) is 27.0. The number of unbranched alkanes of at least 4 members (excludes halogenated alkanes) is 1. The molecule has 1 aromatic heterocycles. The van der Waals surface area contributed by atoms with E-state index in [0.717, 1.165) is 32.5 Å². The van der Waals surface area contributed by atoms with Crippen LogP contribution < -0.4 is 48.7 Å². The molecular formula is C51H66N10O12S2. The number of carboxylic acid groups (broad SMARTS) is 2. The summed E-state index contributed by atoms with van der Waals surface area (Å²) in [5.74, 6) is -9.41. The van der Waals surface area contributed by atoms with Gasteiger partial charge in [0.25, 0.3) is 0 Å². The van der Waals surface area contributed by atoms with Gasteiger partial charge in [-0.15, -0.1) is 0 Å². The number of phenolic OH excluding ortho intramolecular Hbond substituents is 1. The van der Waals surface area contributed by atoms with Crippen molar-refractivity contribution < 1.29 is 58.5 Å². The average molecular weight is 1080 g/mol. The van der Waals surface area contributed by atoms with Crippen molar-refractivity contribution in [3.05, 3.63) is 102 Å². The van der Waals surface area contributed by atoms with Crippen LogP contribution in [-0.4, -0.2) is 140 Å². The summed E-state index contributed by atoms with van der Waals surface area (Å²) in [6.45, 7) is 3.43. The van der Waals surface area contributed by atoms with Crippen molar-refractivity contribution in [3.8, 4) is 5.75 Å². The third kappa shape index (κ3) is 18.3. The van der Waals surface area contributed by atoms with Gasteiger partial charge in [-0.1, -0.05) is 96.1 Å². The van der Waals surface area contributed by atoms with Gasteiger partial charge in [-0.3, -0.25) is 38.4 Å². The number of carboxylic acids is 2. The Morgan fingerprint density at radius 1 is 0.707 bits per heavy atom. The minimum atomic E-state index is -1.56. The van der Waals surface area contributed by atoms with E-state index in [9.17, 15) is 58.5 Å². The molecule has 0 radical (unpaired) electrons. The number of nitrogens with one attached hydrogen (secondary N) is 8. The Balaban J connectivity index is 1.61. The van der Waals surface area contributed by atoms with Gasteiger partial charge in [0.1, 0.15) is 48.0 Å². The zero-order valence-electron chi connectivity index (χ0n) is 41.5. The van der Waals surface area contributed by atoms with Gasteiger partial charge in [0.2, 0.25) is 41.4 Å². The lowest BCUT2D eigenvalue weighted by atomic mass is 10.0. The minimum Gasteiger partial charge on any atom is -0.508 e. The van der Waals surface area contributed by atoms with Crippen molar-refractivity contribution in [1.29, 1.82) is 0 Å². The monoisotopic (exact) mass is 1070 g/mol. The van der Waals surface area contributed by atoms with Gasteiger partial charge < -0.3 is 69.0 Å². The van der Waals surface area contributed by atoms with Crippen LogP contribution in [0, 0.1) is 5.92 Å². The molecule has 3 aromatic carbocycles. The average Bonchev–Trinajstić information content (AvgIpc) is 3.78. The van der Waals surface area contributed by atoms with Crippen molar-refractivity contribution in [2.75, 3.05) is 18.1 Å². The molecule has 0 saturated carbocycles. The molecule has 24 heteroatoms. The number of carbonyl (C=O) groups is 9. The van der Waals surface area contributed by atoms with Crippen LogP contribution in [0.25, 0.3) is 10.9 Å². The molecule has 1 saturated heterocycles. The van der Waals surface area contributed by atoms with E-state index in [1.807, 2.05) is 18.2 Å². The second kappa shape index (κ2) is 29.1. The number of aromatic hydroxyl groups is 1. The molecule has 15 N–H and O–H groups in total. The maximum atomic E-state index is 14.8. The lowest BCUT2D eigenvalue weighted by Gasteiger charge is -2.28. The van der Waals surface area contributed by atoms with Crippen LogP contribution in [0.15, 0.2) is 85.1 Å². The number of aromatic amines is 1. The highest BCUT2D eigenvalue weighted by molar-refractivity contribution is 8.76. The first-order chi connectivity index (χ1) is 35.8. The Labute approximate surface area is 441 Å². The maximum Gasteiger partial charge on any atom is 0.326 e. The molecule has 0 bridgehead atoms. The van der Waals surface area contributed by atoms with Crippen LogP contribution in [-0.2, 0) is 62.4 Å². The van der Waals surface area contributed by atoms with Crippen molar-refractivity contribution in [2.24, 2.45) is 17.4 Å². The fourth-order valence-electron chi connectivity index (χ4n) is 8.11. The van der Waals surface area contributed by atoms with E-state index in [-0.39, 0.29) is 55.9 Å². The Hall–Kier alpha value is -7.15. The highest BCUT2D eigenvalue weighted by atomic mass is 33.1. The summed E-state index contributed by atoms with van der Waals surface area (Å²) in [7, 11) is 2.16. The number of aromatic nitrogens is 1. The van der Waals surface area contributed by atoms with Crippen LogP contribution >= 0.6 is 21.6 Å². The maximum absolute atomic E-state index is 14.8. The Morgan fingerprint density at radius 2 is 1.28 bits per heavy atom. The largest absolute Gasteiger partial charge is 0.508 e. The van der Waals surface area contributed by atoms with Gasteiger partial charge in [-0.25, -0.2) is 4.79 Å². The summed E-state index contributed by atoms with van der Waals surface area (Å²) in [6, 6.07) is 10.5. The molecule has 0 unspecified atom stereocenters. The smallest absolute Gasteiger partial charge is 0.326 e. The molecule has 5 rings (SSSR count). The highest BCUT2D eigenvalue weighted by Crippen LogP contribution is 2.25. The molecule has 1 aliphatic heterocycles. The van der Waals surface area contributed by atoms with Gasteiger partial charge in [-0.2, -0.15) is 0 Å². The van der Waals surface area contributed by atoms with Crippen molar-refractivity contribution in [3.63, 3.8) is 0 Å². The van der Waals surface area contributed by atoms with E-state index < -0.39 is 114 Å². The summed E-state index contributed by atoms with van der Waals surface area (Å²) in [5.41, 5.74) is 14.2. The number of phenols is 1. The molecular weight excluding hydrogens is 1010 g/mol. The number of aliphatic carboxylic acids is 2. The number of hydrogen-bond acceptors (Lipinski definition) is 14. The lowest BCUT2D eigenvalue weighted by molar-refractivity contribution is -0.143. The van der Waals surface area contributed by atoms with Crippen LogP contribution in [0.1, 0.15) is 62.6 Å². The molecule has 7 amide bonds. The van der Waals surface area contributed by atoms with Crippen LogP contribution in [0.4, 0.5) is 0 Å². The van der Waals surface area contributed by atoms with Crippen LogP contribution in [0.3, 0.4) is 0 Å². The Bertz CT molecular complexity index is 2620. The third-order valence-corrected chi connectivity index (χ3v) is 14.7. The number of nitrogens with two attached hydrogens (primary N) is 2. The SMILES string of the molecule is CC(C)[C@H](NC(=O)[C@@H]1CCSSC[C@H](NC(=O)[C@@H](N)CC(=O)O)C(=O)N[C@@H](Cc2ccccc2)C(=O)N[C@@H](Cc2c[nH]c3ccccc23)C(=O)N[C@@H](CCCCN)C(=O)N[C@@H](Cc2ccc(O)cc2)C(=O)N1)C(=O)O. The summed E-state index contributed by atoms with van der Waals surface area (Å²) in [5, 5.41) is 48.9. The molecule has 75 heavy (non-hydrogen) atoms. The normalized spacial score (nSPS) is 21.5. The number of hydrogen-bond donors (Lipinski definition) is 13. The number of benzene rings is 3. The predicted molar refractivity (Wildman–Crippen MR) is 283 cm³/mol. The number of carbonyl (C=O) groups excluding carboxylic acids is 7. The standard InChI is InChI=1S/C51H66N10O12S2/c1-28(2)43(51(72)73)61-46(67)37-19-21-74-75-27-41(60-44(65)34(53)25-42(63)64)50(71)58-38(22-29-10-4-3-5-11-29)48(69)59-40(24-31-26-54-35-13-7-6-12-33(31)35)49(70)55-36(14-8-9-20-52)45(66)57-39(47(68)56-37)23-30-15-17-32(62)18-16-30/h3-7,10-13,15-18,26,28,34,36-41,43,54,62H,8-9,14,19-25,27,52-53H2,1-2H3,(H,55,70)(H,56,68)(H,57,66)(H,58,71)(H,59,69)(H,60,65)(H,61,67)(H,63,64)(H,72,73)/t34-,36-,37-,38-,39-,40-,41-,43-/m0/s1. The van der Waals surface area contributed by atoms with Crippen molar-refractivity contribution in [2.45, 2.75) is 114 Å². The molecule has 4 aromatic rings. The number of fused-ring (bicyclic) bond motifs is 1. The van der Waals surface area contributed by atoms with Gasteiger partial charge >= 0.3 is 11.9 Å². The van der Waals surface area contributed by atoms with E-state index in [0.29, 0.717) is 29.5 Å². The van der Waals surface area contributed by atoms with Gasteiger partial charge in [0, 0.05) is 47.9 Å². The molecule has 404 valence electrons. The fourth-order valence-corrected chi connectivity index (χ4v) is 10.4. The quantitative estimate of drug-likeness (QED) is 0.0483.